The molecule has 1 saturated heterocycles. The molecule has 0 saturated carbocycles. The molecule has 2 amide bonds. The van der Waals surface area contributed by atoms with Crippen molar-refractivity contribution in [3.8, 4) is 0 Å². The predicted molar refractivity (Wildman–Crippen MR) is 69.2 cm³/mol. The summed E-state index contributed by atoms with van der Waals surface area (Å²) in [7, 11) is 1.54. The molecule has 1 aliphatic rings. The first-order valence-electron chi connectivity index (χ1n) is 5.58. The smallest absolute Gasteiger partial charge is 0.323 e. The molecule has 1 aliphatic heterocycles. The van der Waals surface area contributed by atoms with Crippen molar-refractivity contribution in [1.29, 1.82) is 0 Å². The minimum atomic E-state index is -1.09. The van der Waals surface area contributed by atoms with Crippen LogP contribution >= 0.6 is 15.9 Å². The maximum atomic E-state index is 13.8. The van der Waals surface area contributed by atoms with Crippen molar-refractivity contribution < 1.29 is 19.1 Å². The number of urea groups is 1. The van der Waals surface area contributed by atoms with E-state index in [1.807, 2.05) is 0 Å². The van der Waals surface area contributed by atoms with Gasteiger partial charge in [0.05, 0.1) is 6.04 Å². The van der Waals surface area contributed by atoms with Crippen molar-refractivity contribution in [2.75, 3.05) is 20.1 Å². The molecular formula is C12H12BrFN2O3. The Morgan fingerprint density at radius 3 is 2.89 bits per heavy atom. The molecule has 7 heteroatoms. The fourth-order valence-corrected chi connectivity index (χ4v) is 2.52. The highest BCUT2D eigenvalue weighted by molar-refractivity contribution is 9.10. The molecule has 1 fully saturated rings. The standard InChI is InChI=1S/C12H12BrFN2O3/c1-15-10(5-16(12(15)19)6-11(17)18)8-4-7(13)2-3-9(8)14/h2-4,10H,5-6H2,1H3,(H,17,18). The fourth-order valence-electron chi connectivity index (χ4n) is 2.14. The Labute approximate surface area is 117 Å². The van der Waals surface area contributed by atoms with Crippen LogP contribution in [0, 0.1) is 5.82 Å². The lowest BCUT2D eigenvalue weighted by molar-refractivity contribution is -0.137. The zero-order valence-electron chi connectivity index (χ0n) is 10.1. The highest BCUT2D eigenvalue weighted by atomic mass is 79.9. The maximum Gasteiger partial charge on any atom is 0.323 e. The molecule has 19 heavy (non-hydrogen) atoms. The first-order valence-corrected chi connectivity index (χ1v) is 6.38. The lowest BCUT2D eigenvalue weighted by Gasteiger charge is -2.18. The van der Waals surface area contributed by atoms with E-state index in [9.17, 15) is 14.0 Å². The number of likely N-dealkylation sites (N-methyl/N-ethyl adjacent to an activating group) is 1. The average Bonchev–Trinajstić information content (AvgIpc) is 2.60. The van der Waals surface area contributed by atoms with Crippen LogP contribution in [0.1, 0.15) is 11.6 Å². The number of carboxylic acids is 1. The highest BCUT2D eigenvalue weighted by Gasteiger charge is 2.37. The summed E-state index contributed by atoms with van der Waals surface area (Å²) < 4.78 is 14.5. The maximum absolute atomic E-state index is 13.8. The molecule has 0 aromatic heterocycles. The van der Waals surface area contributed by atoms with Crippen molar-refractivity contribution in [3.05, 3.63) is 34.1 Å². The van der Waals surface area contributed by atoms with Gasteiger partial charge in [0.15, 0.2) is 0 Å². The van der Waals surface area contributed by atoms with Gasteiger partial charge in [-0.2, -0.15) is 0 Å². The minimum absolute atomic E-state index is 0.162. The van der Waals surface area contributed by atoms with Gasteiger partial charge < -0.3 is 14.9 Å². The molecule has 5 nitrogen and oxygen atoms in total. The van der Waals surface area contributed by atoms with Crippen molar-refractivity contribution in [3.63, 3.8) is 0 Å². The second kappa shape index (κ2) is 5.16. The van der Waals surface area contributed by atoms with E-state index >= 15 is 0 Å². The van der Waals surface area contributed by atoms with Crippen LogP contribution < -0.4 is 0 Å². The Morgan fingerprint density at radius 2 is 2.26 bits per heavy atom. The summed E-state index contributed by atoms with van der Waals surface area (Å²) in [6, 6.07) is 3.60. The van der Waals surface area contributed by atoms with Gasteiger partial charge in [0.1, 0.15) is 12.4 Å². The SMILES string of the molecule is CN1C(=O)N(CC(=O)O)CC1c1cc(Br)ccc1F. The number of carboxylic acid groups (broad SMARTS) is 1. The van der Waals surface area contributed by atoms with Gasteiger partial charge in [-0.05, 0) is 18.2 Å². The normalized spacial score (nSPS) is 19.1. The van der Waals surface area contributed by atoms with Crippen LogP contribution in [-0.4, -0.2) is 47.0 Å². The summed E-state index contributed by atoms with van der Waals surface area (Å²) in [4.78, 5) is 25.1. The first kappa shape index (κ1) is 13.8. The van der Waals surface area contributed by atoms with Gasteiger partial charge in [0.25, 0.3) is 0 Å². The number of rotatable bonds is 3. The Hall–Kier alpha value is -1.63. The molecule has 1 aromatic carbocycles. The van der Waals surface area contributed by atoms with Crippen molar-refractivity contribution in [2.45, 2.75) is 6.04 Å². The molecule has 2 rings (SSSR count). The number of hydrogen-bond acceptors (Lipinski definition) is 2. The van der Waals surface area contributed by atoms with E-state index in [2.05, 4.69) is 15.9 Å². The quantitative estimate of drug-likeness (QED) is 0.923. The largest absolute Gasteiger partial charge is 0.480 e. The fraction of sp³-hybridized carbons (Fsp3) is 0.333. The van der Waals surface area contributed by atoms with Gasteiger partial charge in [-0.15, -0.1) is 0 Å². The third-order valence-corrected chi connectivity index (χ3v) is 3.57. The summed E-state index contributed by atoms with van der Waals surface area (Å²) in [6.45, 7) is -0.218. The summed E-state index contributed by atoms with van der Waals surface area (Å²) in [5.74, 6) is -1.50. The Kier molecular flexibility index (Phi) is 3.75. The van der Waals surface area contributed by atoms with Crippen LogP contribution in [0.2, 0.25) is 0 Å². The molecule has 1 aromatic rings. The lowest BCUT2D eigenvalue weighted by atomic mass is 10.1. The number of halogens is 2. The van der Waals surface area contributed by atoms with Crippen LogP contribution in [0.5, 0.6) is 0 Å². The first-order chi connectivity index (χ1) is 8.90. The second-order valence-corrected chi connectivity index (χ2v) is 5.27. The van der Waals surface area contributed by atoms with Gasteiger partial charge in [-0.25, -0.2) is 9.18 Å². The average molecular weight is 331 g/mol. The lowest BCUT2D eigenvalue weighted by Crippen LogP contribution is -2.33. The molecule has 1 N–H and O–H groups in total. The van der Waals surface area contributed by atoms with Gasteiger partial charge >= 0.3 is 12.0 Å². The summed E-state index contributed by atoms with van der Waals surface area (Å²) >= 11 is 3.26. The Morgan fingerprint density at radius 1 is 1.58 bits per heavy atom. The van der Waals surface area contributed by atoms with E-state index in [1.165, 1.54) is 22.9 Å². The van der Waals surface area contributed by atoms with Gasteiger partial charge in [-0.1, -0.05) is 15.9 Å². The number of aliphatic carboxylic acids is 1. The molecule has 0 aliphatic carbocycles. The number of hydrogen-bond donors (Lipinski definition) is 1. The molecule has 1 unspecified atom stereocenters. The van der Waals surface area contributed by atoms with Crippen molar-refractivity contribution in [1.82, 2.24) is 9.80 Å². The molecule has 102 valence electrons. The zero-order chi connectivity index (χ0) is 14.2. The number of carbonyl (C=O) groups excluding carboxylic acids is 1. The highest BCUT2D eigenvalue weighted by Crippen LogP contribution is 2.31. The van der Waals surface area contributed by atoms with Crippen LogP contribution in [0.3, 0.4) is 0 Å². The summed E-state index contributed by atoms with van der Waals surface area (Å²) in [5, 5.41) is 8.74. The summed E-state index contributed by atoms with van der Waals surface area (Å²) in [5.41, 5.74) is 0.373. The van der Waals surface area contributed by atoms with Crippen LogP contribution in [0.15, 0.2) is 22.7 Å². The molecule has 0 spiro atoms. The topological polar surface area (TPSA) is 60.9 Å². The van der Waals surface area contributed by atoms with Crippen LogP contribution in [0.25, 0.3) is 0 Å². The third-order valence-electron chi connectivity index (χ3n) is 3.08. The third kappa shape index (κ3) is 2.70. The van der Waals surface area contributed by atoms with Gasteiger partial charge in [0, 0.05) is 23.6 Å². The molecule has 0 bridgehead atoms. The molecule has 1 heterocycles. The number of benzene rings is 1. The van der Waals surface area contributed by atoms with Crippen molar-refractivity contribution >= 4 is 27.9 Å². The second-order valence-electron chi connectivity index (χ2n) is 4.35. The van der Waals surface area contributed by atoms with Crippen LogP contribution in [-0.2, 0) is 4.79 Å². The van der Waals surface area contributed by atoms with E-state index in [4.69, 9.17) is 5.11 Å². The number of nitrogens with zero attached hydrogens (tertiary/aromatic N) is 2. The van der Waals surface area contributed by atoms with E-state index < -0.39 is 23.9 Å². The van der Waals surface area contributed by atoms with E-state index in [1.54, 1.807) is 12.1 Å². The predicted octanol–water partition coefficient (Wildman–Crippen LogP) is 2.08. The van der Waals surface area contributed by atoms with E-state index in [0.717, 1.165) is 0 Å². The molecule has 1 atom stereocenters. The number of carbonyl (C=O) groups is 2. The zero-order valence-corrected chi connectivity index (χ0v) is 11.7. The minimum Gasteiger partial charge on any atom is -0.480 e. The molecule has 0 radical (unpaired) electrons. The monoisotopic (exact) mass is 330 g/mol. The van der Waals surface area contributed by atoms with E-state index in [0.29, 0.717) is 10.0 Å². The Balaban J connectivity index is 2.28. The number of amides is 2. The van der Waals surface area contributed by atoms with Gasteiger partial charge in [-0.3, -0.25) is 4.79 Å². The molecular weight excluding hydrogens is 319 g/mol. The summed E-state index contributed by atoms with van der Waals surface area (Å²) in [6.07, 6.45) is 0. The van der Waals surface area contributed by atoms with Gasteiger partial charge in [0.2, 0.25) is 0 Å². The van der Waals surface area contributed by atoms with Crippen LogP contribution in [0.4, 0.5) is 9.18 Å². The Bertz CT molecular complexity index is 538. The van der Waals surface area contributed by atoms with Crippen molar-refractivity contribution in [2.24, 2.45) is 0 Å². The van der Waals surface area contributed by atoms with E-state index in [-0.39, 0.29) is 13.1 Å².